The first kappa shape index (κ1) is 28.6. The SMILES string of the molecule is C[C@@H](O[C@H]1CCN(C(=O)CCc2ccccn2)C[C@H]1c1ccccc1)c1cc(C(F)(F)F)cc(C(F)(F)F)c1. The highest BCUT2D eigenvalue weighted by atomic mass is 19.4. The number of hydrogen-bond acceptors (Lipinski definition) is 3. The van der Waals surface area contributed by atoms with E-state index in [0.29, 0.717) is 38.1 Å². The van der Waals surface area contributed by atoms with Gasteiger partial charge in [-0.2, -0.15) is 26.3 Å². The molecule has 0 spiro atoms. The smallest absolute Gasteiger partial charge is 0.370 e. The van der Waals surface area contributed by atoms with Gasteiger partial charge < -0.3 is 9.64 Å². The maximum atomic E-state index is 13.4. The van der Waals surface area contributed by atoms with Crippen molar-refractivity contribution < 1.29 is 35.9 Å². The molecule has 0 aliphatic carbocycles. The number of rotatable bonds is 7. The molecule has 1 fully saturated rings. The number of halogens is 6. The fourth-order valence-electron chi connectivity index (χ4n) is 4.83. The molecule has 3 aromatic rings. The van der Waals surface area contributed by atoms with Gasteiger partial charge in [-0.05, 0) is 61.2 Å². The van der Waals surface area contributed by atoms with E-state index in [1.807, 2.05) is 42.5 Å². The van der Waals surface area contributed by atoms with Crippen molar-refractivity contribution in [2.45, 2.75) is 56.7 Å². The van der Waals surface area contributed by atoms with Gasteiger partial charge in [-0.15, -0.1) is 0 Å². The molecule has 1 aliphatic rings. The number of nitrogens with zero attached hydrogens (tertiary/aromatic N) is 2. The third-order valence-electron chi connectivity index (χ3n) is 6.91. The lowest BCUT2D eigenvalue weighted by molar-refractivity contribution is -0.143. The van der Waals surface area contributed by atoms with Gasteiger partial charge in [-0.25, -0.2) is 0 Å². The van der Waals surface area contributed by atoms with Crippen LogP contribution in [-0.2, 0) is 28.3 Å². The molecule has 1 aliphatic heterocycles. The molecule has 2 aromatic carbocycles. The van der Waals surface area contributed by atoms with Crippen molar-refractivity contribution in [3.05, 3.63) is 101 Å². The monoisotopic (exact) mass is 550 g/mol. The minimum Gasteiger partial charge on any atom is -0.370 e. The van der Waals surface area contributed by atoms with Crippen LogP contribution in [0.5, 0.6) is 0 Å². The Kier molecular flexibility index (Phi) is 8.64. The minimum absolute atomic E-state index is 0.0548. The maximum absolute atomic E-state index is 13.4. The Bertz CT molecular complexity index is 1220. The van der Waals surface area contributed by atoms with Crippen molar-refractivity contribution in [3.8, 4) is 0 Å². The number of aromatic nitrogens is 1. The Hall–Kier alpha value is -3.40. The van der Waals surface area contributed by atoms with E-state index >= 15 is 0 Å². The highest BCUT2D eigenvalue weighted by Gasteiger charge is 2.38. The normalized spacial score (nSPS) is 19.1. The number of piperidine rings is 1. The van der Waals surface area contributed by atoms with Crippen LogP contribution in [0, 0.1) is 0 Å². The maximum Gasteiger partial charge on any atom is 0.416 e. The third-order valence-corrected chi connectivity index (χ3v) is 6.91. The number of hydrogen-bond donors (Lipinski definition) is 0. The third kappa shape index (κ3) is 7.38. The zero-order valence-electron chi connectivity index (χ0n) is 21.2. The van der Waals surface area contributed by atoms with Crippen LogP contribution in [-0.4, -0.2) is 35.0 Å². The predicted molar refractivity (Wildman–Crippen MR) is 133 cm³/mol. The lowest BCUT2D eigenvalue weighted by Crippen LogP contribution is -2.46. The van der Waals surface area contributed by atoms with Crippen molar-refractivity contribution in [3.63, 3.8) is 0 Å². The summed E-state index contributed by atoms with van der Waals surface area (Å²) < 4.78 is 86.4. The summed E-state index contributed by atoms with van der Waals surface area (Å²) in [6.07, 6.45) is -8.65. The van der Waals surface area contributed by atoms with E-state index in [-0.39, 0.29) is 29.9 Å². The Balaban J connectivity index is 1.53. The van der Waals surface area contributed by atoms with Gasteiger partial charge in [-0.1, -0.05) is 36.4 Å². The number of likely N-dealkylation sites (tertiary alicyclic amines) is 1. The van der Waals surface area contributed by atoms with Crippen LogP contribution in [0.2, 0.25) is 0 Å². The number of pyridine rings is 1. The number of alkyl halides is 6. The second-order valence-corrected chi connectivity index (χ2v) is 9.62. The number of aryl methyl sites for hydroxylation is 1. The Morgan fingerprint density at radius 3 is 2.21 bits per heavy atom. The standard InChI is InChI=1S/C29H28F6N2O2/c1-19(21-15-22(28(30,31)32)17-23(16-21)29(33,34)35)39-26-12-14-37(18-25(26)20-7-3-2-4-8-20)27(38)11-10-24-9-5-6-13-36-24/h2-9,13,15-17,19,25-26H,10-12,14,18H2,1H3/t19-,25+,26+/m1/s1. The summed E-state index contributed by atoms with van der Waals surface area (Å²) in [6, 6.07) is 16.3. The highest BCUT2D eigenvalue weighted by molar-refractivity contribution is 5.76. The van der Waals surface area contributed by atoms with E-state index in [2.05, 4.69) is 4.98 Å². The molecule has 3 atom stereocenters. The number of benzene rings is 2. The first-order valence-corrected chi connectivity index (χ1v) is 12.6. The van der Waals surface area contributed by atoms with Crippen molar-refractivity contribution in [1.29, 1.82) is 0 Å². The Labute approximate surface area is 222 Å². The number of ether oxygens (including phenoxy) is 1. The van der Waals surface area contributed by atoms with Gasteiger partial charge >= 0.3 is 12.4 Å². The second kappa shape index (κ2) is 11.8. The van der Waals surface area contributed by atoms with Gasteiger partial charge in [0.1, 0.15) is 0 Å². The van der Waals surface area contributed by atoms with Gasteiger partial charge in [0, 0.05) is 37.3 Å². The first-order valence-electron chi connectivity index (χ1n) is 12.6. The van der Waals surface area contributed by atoms with Gasteiger partial charge in [0.05, 0.1) is 23.3 Å². The van der Waals surface area contributed by atoms with Crippen LogP contribution in [0.1, 0.15) is 59.7 Å². The molecule has 0 saturated carbocycles. The summed E-state index contributed by atoms with van der Waals surface area (Å²) in [5.41, 5.74) is -1.29. The molecule has 0 bridgehead atoms. The largest absolute Gasteiger partial charge is 0.416 e. The molecule has 4 rings (SSSR count). The zero-order valence-corrected chi connectivity index (χ0v) is 21.2. The molecular weight excluding hydrogens is 522 g/mol. The topological polar surface area (TPSA) is 42.4 Å². The molecule has 2 heterocycles. The quantitative estimate of drug-likeness (QED) is 0.292. The minimum atomic E-state index is -4.94. The zero-order chi connectivity index (χ0) is 28.2. The van der Waals surface area contributed by atoms with E-state index in [9.17, 15) is 31.1 Å². The number of amides is 1. The average molecular weight is 551 g/mol. The summed E-state index contributed by atoms with van der Waals surface area (Å²) in [5.74, 6) is -0.366. The van der Waals surface area contributed by atoms with Gasteiger partial charge in [0.2, 0.25) is 5.91 Å². The van der Waals surface area contributed by atoms with E-state index in [0.717, 1.165) is 11.3 Å². The molecule has 39 heavy (non-hydrogen) atoms. The van der Waals surface area contributed by atoms with Gasteiger partial charge in [0.15, 0.2) is 0 Å². The summed E-state index contributed by atoms with van der Waals surface area (Å²) in [7, 11) is 0. The van der Waals surface area contributed by atoms with E-state index in [4.69, 9.17) is 4.74 Å². The number of carbonyl (C=O) groups is 1. The van der Waals surface area contributed by atoms with Gasteiger partial charge in [0.25, 0.3) is 0 Å². The molecule has 0 radical (unpaired) electrons. The summed E-state index contributed by atoms with van der Waals surface area (Å²) in [4.78, 5) is 19.0. The molecule has 1 saturated heterocycles. The fraction of sp³-hybridized carbons (Fsp3) is 0.379. The van der Waals surface area contributed by atoms with Crippen molar-refractivity contribution in [1.82, 2.24) is 9.88 Å². The second-order valence-electron chi connectivity index (χ2n) is 9.62. The lowest BCUT2D eigenvalue weighted by Gasteiger charge is -2.40. The van der Waals surface area contributed by atoms with Crippen molar-refractivity contribution in [2.75, 3.05) is 13.1 Å². The van der Waals surface area contributed by atoms with Crippen molar-refractivity contribution >= 4 is 5.91 Å². The first-order chi connectivity index (χ1) is 18.4. The van der Waals surface area contributed by atoms with E-state index in [1.165, 1.54) is 6.92 Å². The molecule has 1 amide bonds. The number of carbonyl (C=O) groups excluding carboxylic acids is 1. The Morgan fingerprint density at radius 1 is 0.974 bits per heavy atom. The van der Waals surface area contributed by atoms with E-state index < -0.39 is 35.7 Å². The summed E-state index contributed by atoms with van der Waals surface area (Å²) in [5, 5.41) is 0. The molecule has 208 valence electrons. The van der Waals surface area contributed by atoms with Crippen LogP contribution in [0.15, 0.2) is 72.9 Å². The molecule has 0 N–H and O–H groups in total. The van der Waals surface area contributed by atoms with Crippen LogP contribution >= 0.6 is 0 Å². The predicted octanol–water partition coefficient (Wildman–Crippen LogP) is 7.21. The van der Waals surface area contributed by atoms with Crippen LogP contribution in [0.3, 0.4) is 0 Å². The Morgan fingerprint density at radius 2 is 1.62 bits per heavy atom. The van der Waals surface area contributed by atoms with Crippen LogP contribution < -0.4 is 0 Å². The van der Waals surface area contributed by atoms with Crippen LogP contribution in [0.25, 0.3) is 0 Å². The summed E-state index contributed by atoms with van der Waals surface area (Å²) in [6.45, 7) is 2.12. The average Bonchev–Trinajstić information content (AvgIpc) is 2.91. The fourth-order valence-corrected chi connectivity index (χ4v) is 4.83. The van der Waals surface area contributed by atoms with E-state index in [1.54, 1.807) is 17.2 Å². The lowest BCUT2D eigenvalue weighted by atomic mass is 9.87. The molecule has 10 heteroatoms. The molecule has 0 unspecified atom stereocenters. The van der Waals surface area contributed by atoms with Gasteiger partial charge in [-0.3, -0.25) is 9.78 Å². The molecular formula is C29H28F6N2O2. The molecule has 4 nitrogen and oxygen atoms in total. The van der Waals surface area contributed by atoms with Crippen LogP contribution in [0.4, 0.5) is 26.3 Å². The van der Waals surface area contributed by atoms with Crippen molar-refractivity contribution in [2.24, 2.45) is 0 Å². The highest BCUT2D eigenvalue weighted by Crippen LogP contribution is 2.39. The molecule has 1 aromatic heterocycles. The summed E-state index contributed by atoms with van der Waals surface area (Å²) >= 11 is 0.